The molecular weight excluding hydrogens is 254 g/mol. The second-order valence-electron chi connectivity index (χ2n) is 4.47. The Morgan fingerprint density at radius 2 is 2.05 bits per heavy atom. The number of hydrogen-bond acceptors (Lipinski definition) is 4. The molecule has 0 radical (unpaired) electrons. The van der Waals surface area contributed by atoms with Crippen molar-refractivity contribution >= 4 is 11.6 Å². The lowest BCUT2D eigenvalue weighted by Gasteiger charge is -2.10. The van der Waals surface area contributed by atoms with E-state index in [1.165, 1.54) is 0 Å². The first kappa shape index (κ1) is 14.0. The van der Waals surface area contributed by atoms with E-state index >= 15 is 0 Å². The van der Waals surface area contributed by atoms with E-state index in [9.17, 15) is 4.79 Å². The summed E-state index contributed by atoms with van der Waals surface area (Å²) in [6.07, 6.45) is 5.51. The third-order valence-corrected chi connectivity index (χ3v) is 2.94. The maximum atomic E-state index is 11.8. The number of carbonyl (C=O) groups excluding carboxylic acids is 1. The molecule has 2 rings (SSSR count). The van der Waals surface area contributed by atoms with Crippen molar-refractivity contribution in [2.24, 2.45) is 5.92 Å². The zero-order chi connectivity index (χ0) is 14.4. The number of rotatable bonds is 5. The number of nitrogens with one attached hydrogen (secondary N) is 1. The van der Waals surface area contributed by atoms with Gasteiger partial charge in [-0.1, -0.05) is 13.8 Å². The number of nitrogens with zero attached hydrogens (tertiary/aromatic N) is 2. The van der Waals surface area contributed by atoms with Gasteiger partial charge in [-0.3, -0.25) is 9.78 Å². The van der Waals surface area contributed by atoms with Crippen LogP contribution in [-0.2, 0) is 4.79 Å². The Morgan fingerprint density at radius 3 is 2.65 bits per heavy atom. The summed E-state index contributed by atoms with van der Waals surface area (Å²) < 4.78 is 5.52. The van der Waals surface area contributed by atoms with Gasteiger partial charge in [-0.25, -0.2) is 4.98 Å². The van der Waals surface area contributed by atoms with Crippen molar-refractivity contribution < 1.29 is 9.53 Å². The average molecular weight is 271 g/mol. The summed E-state index contributed by atoms with van der Waals surface area (Å²) in [5, 5.41) is 2.86. The van der Waals surface area contributed by atoms with Crippen molar-refractivity contribution in [2.75, 3.05) is 5.32 Å². The number of ether oxygens (including phenoxy) is 1. The molecule has 20 heavy (non-hydrogen) atoms. The number of anilines is 1. The molecule has 0 bridgehead atoms. The average Bonchev–Trinajstić information content (AvgIpc) is 2.49. The van der Waals surface area contributed by atoms with Crippen LogP contribution >= 0.6 is 0 Å². The van der Waals surface area contributed by atoms with Gasteiger partial charge >= 0.3 is 0 Å². The highest BCUT2D eigenvalue weighted by atomic mass is 16.5. The van der Waals surface area contributed by atoms with Gasteiger partial charge in [0.15, 0.2) is 0 Å². The third kappa shape index (κ3) is 3.78. The summed E-state index contributed by atoms with van der Waals surface area (Å²) in [6, 6.07) is 7.15. The fourth-order valence-electron chi connectivity index (χ4n) is 1.52. The molecule has 0 saturated carbocycles. The molecule has 1 heterocycles. The van der Waals surface area contributed by atoms with Crippen LogP contribution in [0.1, 0.15) is 20.3 Å². The molecule has 0 unspecified atom stereocenters. The lowest BCUT2D eigenvalue weighted by atomic mass is 10.1. The lowest BCUT2D eigenvalue weighted by Crippen LogP contribution is -2.19. The molecule has 0 saturated heterocycles. The molecule has 1 amide bonds. The molecule has 0 aliphatic heterocycles. The van der Waals surface area contributed by atoms with Gasteiger partial charge in [0.1, 0.15) is 5.75 Å². The summed E-state index contributed by atoms with van der Waals surface area (Å²) in [5.74, 6) is 1.11. The van der Waals surface area contributed by atoms with Gasteiger partial charge in [0.05, 0.1) is 6.20 Å². The Morgan fingerprint density at radius 1 is 1.30 bits per heavy atom. The Balaban J connectivity index is 1.98. The highest BCUT2D eigenvalue weighted by Gasteiger charge is 2.10. The molecule has 1 atom stereocenters. The molecule has 1 aromatic carbocycles. The predicted molar refractivity (Wildman–Crippen MR) is 76.6 cm³/mol. The highest BCUT2D eigenvalue weighted by Crippen LogP contribution is 2.21. The second kappa shape index (κ2) is 6.65. The number of benzene rings is 1. The Hall–Kier alpha value is -2.43. The molecule has 104 valence electrons. The fourth-order valence-corrected chi connectivity index (χ4v) is 1.52. The maximum Gasteiger partial charge on any atom is 0.237 e. The smallest absolute Gasteiger partial charge is 0.237 e. The van der Waals surface area contributed by atoms with Gasteiger partial charge in [0.25, 0.3) is 0 Å². The van der Waals surface area contributed by atoms with E-state index in [2.05, 4.69) is 15.3 Å². The van der Waals surface area contributed by atoms with E-state index in [0.717, 1.165) is 12.1 Å². The minimum absolute atomic E-state index is 0.00511. The molecule has 5 nitrogen and oxygen atoms in total. The molecule has 1 aromatic heterocycles. The van der Waals surface area contributed by atoms with Gasteiger partial charge in [0, 0.05) is 24.0 Å². The van der Waals surface area contributed by atoms with Crippen LogP contribution in [0, 0.1) is 5.92 Å². The van der Waals surface area contributed by atoms with Crippen LogP contribution in [0.15, 0.2) is 42.9 Å². The zero-order valence-corrected chi connectivity index (χ0v) is 11.5. The van der Waals surface area contributed by atoms with Crippen LogP contribution in [0.4, 0.5) is 5.69 Å². The monoisotopic (exact) mass is 271 g/mol. The van der Waals surface area contributed by atoms with Gasteiger partial charge in [-0.2, -0.15) is 0 Å². The molecule has 0 spiro atoms. The van der Waals surface area contributed by atoms with Gasteiger partial charge < -0.3 is 10.1 Å². The summed E-state index contributed by atoms with van der Waals surface area (Å²) in [4.78, 5) is 19.7. The van der Waals surface area contributed by atoms with Crippen molar-refractivity contribution in [3.63, 3.8) is 0 Å². The van der Waals surface area contributed by atoms with Crippen LogP contribution in [0.5, 0.6) is 11.6 Å². The Labute approximate surface area is 118 Å². The van der Waals surface area contributed by atoms with E-state index in [0.29, 0.717) is 11.6 Å². The standard InChI is InChI=1S/C15H17N3O2/c1-3-11(2)15(19)18-12-4-6-13(7-5-12)20-14-10-16-8-9-17-14/h4-11H,3H2,1-2H3,(H,18,19)/t11-/m1/s1. The third-order valence-electron chi connectivity index (χ3n) is 2.94. The van der Waals surface area contributed by atoms with E-state index < -0.39 is 0 Å². The van der Waals surface area contributed by atoms with Crippen LogP contribution in [0.25, 0.3) is 0 Å². The number of aromatic nitrogens is 2. The molecular formula is C15H17N3O2. The summed E-state index contributed by atoms with van der Waals surface area (Å²) in [6.45, 7) is 3.89. The maximum absolute atomic E-state index is 11.8. The number of carbonyl (C=O) groups is 1. The Bertz CT molecular complexity index is 555. The van der Waals surface area contributed by atoms with Crippen molar-refractivity contribution in [2.45, 2.75) is 20.3 Å². The molecule has 1 N–H and O–H groups in total. The van der Waals surface area contributed by atoms with E-state index in [-0.39, 0.29) is 11.8 Å². The molecule has 0 fully saturated rings. The number of amides is 1. The summed E-state index contributed by atoms with van der Waals surface area (Å²) in [7, 11) is 0. The minimum Gasteiger partial charge on any atom is -0.438 e. The number of hydrogen-bond donors (Lipinski definition) is 1. The molecule has 2 aromatic rings. The molecule has 0 aliphatic rings. The van der Waals surface area contributed by atoms with Crippen LogP contribution in [0.3, 0.4) is 0 Å². The van der Waals surface area contributed by atoms with E-state index in [1.54, 1.807) is 42.9 Å². The van der Waals surface area contributed by atoms with Crippen molar-refractivity contribution in [1.29, 1.82) is 0 Å². The topological polar surface area (TPSA) is 64.1 Å². The molecule has 5 heteroatoms. The van der Waals surface area contributed by atoms with Crippen molar-refractivity contribution in [3.8, 4) is 11.6 Å². The zero-order valence-electron chi connectivity index (χ0n) is 11.5. The first-order chi connectivity index (χ1) is 9.69. The first-order valence-electron chi connectivity index (χ1n) is 6.54. The van der Waals surface area contributed by atoms with Gasteiger partial charge in [-0.05, 0) is 30.7 Å². The minimum atomic E-state index is 0.00511. The predicted octanol–water partition coefficient (Wildman–Crippen LogP) is 3.25. The van der Waals surface area contributed by atoms with Crippen molar-refractivity contribution in [1.82, 2.24) is 9.97 Å². The van der Waals surface area contributed by atoms with Crippen LogP contribution < -0.4 is 10.1 Å². The first-order valence-corrected chi connectivity index (χ1v) is 6.54. The molecule has 0 aliphatic carbocycles. The second-order valence-corrected chi connectivity index (χ2v) is 4.47. The van der Waals surface area contributed by atoms with Crippen LogP contribution in [-0.4, -0.2) is 15.9 Å². The largest absolute Gasteiger partial charge is 0.438 e. The van der Waals surface area contributed by atoms with Crippen molar-refractivity contribution in [3.05, 3.63) is 42.9 Å². The normalized spacial score (nSPS) is 11.7. The van der Waals surface area contributed by atoms with E-state index in [4.69, 9.17) is 4.74 Å². The summed E-state index contributed by atoms with van der Waals surface area (Å²) >= 11 is 0. The SMILES string of the molecule is CC[C@@H](C)C(=O)Nc1ccc(Oc2cnccn2)cc1. The van der Waals surface area contributed by atoms with E-state index in [1.807, 2.05) is 13.8 Å². The summed E-state index contributed by atoms with van der Waals surface area (Å²) in [5.41, 5.74) is 0.752. The highest BCUT2D eigenvalue weighted by molar-refractivity contribution is 5.92. The fraction of sp³-hybridized carbons (Fsp3) is 0.267. The van der Waals surface area contributed by atoms with Crippen LogP contribution in [0.2, 0.25) is 0 Å². The Kier molecular flexibility index (Phi) is 4.65. The van der Waals surface area contributed by atoms with Gasteiger partial charge in [-0.15, -0.1) is 0 Å². The lowest BCUT2D eigenvalue weighted by molar-refractivity contribution is -0.119. The van der Waals surface area contributed by atoms with Gasteiger partial charge in [0.2, 0.25) is 11.8 Å². The quantitative estimate of drug-likeness (QED) is 0.906.